The van der Waals surface area contributed by atoms with Crippen LogP contribution in [0.5, 0.6) is 0 Å². The number of carbonyl (C=O) groups is 2. The fourth-order valence-corrected chi connectivity index (χ4v) is 2.03. The Labute approximate surface area is 121 Å². The van der Waals surface area contributed by atoms with Gasteiger partial charge in [-0.3, -0.25) is 4.79 Å². The summed E-state index contributed by atoms with van der Waals surface area (Å²) in [6, 6.07) is 4.64. The van der Waals surface area contributed by atoms with Crippen molar-refractivity contribution in [2.24, 2.45) is 0 Å². The third-order valence-electron chi connectivity index (χ3n) is 2.68. The molecule has 1 aliphatic rings. The molecule has 1 aromatic rings. The minimum atomic E-state index is -0.842. The monoisotopic (exact) mass is 301 g/mol. The van der Waals surface area contributed by atoms with Gasteiger partial charge in [0.25, 0.3) is 5.91 Å². The van der Waals surface area contributed by atoms with Gasteiger partial charge in [0, 0.05) is 16.1 Å². The zero-order valence-electron chi connectivity index (χ0n) is 10.3. The molecule has 0 unspecified atom stereocenters. The van der Waals surface area contributed by atoms with Gasteiger partial charge in [0.05, 0.1) is 5.56 Å². The molecule has 0 radical (unpaired) electrons. The van der Waals surface area contributed by atoms with Gasteiger partial charge in [-0.25, -0.2) is 4.79 Å². The molecule has 0 bridgehead atoms. The van der Waals surface area contributed by atoms with Gasteiger partial charge in [-0.1, -0.05) is 23.2 Å². The molecule has 102 valence electrons. The van der Waals surface area contributed by atoms with Crippen LogP contribution in [0.1, 0.15) is 30.1 Å². The van der Waals surface area contributed by atoms with Crippen molar-refractivity contribution < 1.29 is 14.3 Å². The highest BCUT2D eigenvalue weighted by Crippen LogP contribution is 2.21. The van der Waals surface area contributed by atoms with Crippen LogP contribution in [0.3, 0.4) is 0 Å². The quantitative estimate of drug-likeness (QED) is 0.870. The van der Waals surface area contributed by atoms with Gasteiger partial charge in [-0.2, -0.15) is 0 Å². The molecule has 0 aromatic heterocycles. The van der Waals surface area contributed by atoms with Gasteiger partial charge in [-0.15, -0.1) is 0 Å². The molecule has 2 rings (SSSR count). The first-order valence-corrected chi connectivity index (χ1v) is 6.69. The Kier molecular flexibility index (Phi) is 4.32. The number of carbonyl (C=O) groups excluding carboxylic acids is 2. The van der Waals surface area contributed by atoms with Gasteiger partial charge < -0.3 is 10.1 Å². The second-order valence-electron chi connectivity index (χ2n) is 4.49. The van der Waals surface area contributed by atoms with Crippen LogP contribution >= 0.6 is 23.2 Å². The topological polar surface area (TPSA) is 55.4 Å². The average molecular weight is 302 g/mol. The summed E-state index contributed by atoms with van der Waals surface area (Å²) >= 11 is 11.6. The standard InChI is InChI=1S/C13H13Cl2NO3/c1-7(12(17)16-11-2-3-11)19-13(18)8-4-9(14)6-10(15)5-8/h4-7,11H,2-3H2,1H3,(H,16,17)/t7-/m0/s1. The Morgan fingerprint density at radius 1 is 1.26 bits per heavy atom. The third kappa shape index (κ3) is 4.11. The minimum Gasteiger partial charge on any atom is -0.449 e. The van der Waals surface area contributed by atoms with E-state index in [1.807, 2.05) is 0 Å². The van der Waals surface area contributed by atoms with Crippen LogP contribution in [0.2, 0.25) is 10.0 Å². The van der Waals surface area contributed by atoms with E-state index in [4.69, 9.17) is 27.9 Å². The largest absolute Gasteiger partial charge is 0.449 e. The number of rotatable bonds is 4. The summed E-state index contributed by atoms with van der Waals surface area (Å²) in [4.78, 5) is 23.5. The lowest BCUT2D eigenvalue weighted by atomic mass is 10.2. The number of nitrogens with one attached hydrogen (secondary N) is 1. The molecule has 19 heavy (non-hydrogen) atoms. The summed E-state index contributed by atoms with van der Waals surface area (Å²) in [7, 11) is 0. The molecule has 6 heteroatoms. The van der Waals surface area contributed by atoms with Crippen molar-refractivity contribution in [2.45, 2.75) is 31.9 Å². The van der Waals surface area contributed by atoms with E-state index in [0.29, 0.717) is 10.0 Å². The van der Waals surface area contributed by atoms with Gasteiger partial charge in [-0.05, 0) is 38.0 Å². The number of hydrogen-bond acceptors (Lipinski definition) is 3. The summed E-state index contributed by atoms with van der Waals surface area (Å²) in [5.74, 6) is -0.910. The second-order valence-corrected chi connectivity index (χ2v) is 5.36. The lowest BCUT2D eigenvalue weighted by Crippen LogP contribution is -2.37. The van der Waals surface area contributed by atoms with Gasteiger partial charge in [0.15, 0.2) is 6.10 Å². The van der Waals surface area contributed by atoms with Crippen LogP contribution in [-0.2, 0) is 9.53 Å². The predicted molar refractivity (Wildman–Crippen MR) is 72.5 cm³/mol. The smallest absolute Gasteiger partial charge is 0.339 e. The summed E-state index contributed by atoms with van der Waals surface area (Å²) in [5.41, 5.74) is 0.226. The molecular weight excluding hydrogens is 289 g/mol. The average Bonchev–Trinajstić information content (AvgIpc) is 3.11. The van der Waals surface area contributed by atoms with Crippen molar-refractivity contribution in [2.75, 3.05) is 0 Å². The van der Waals surface area contributed by atoms with Crippen LogP contribution in [0.25, 0.3) is 0 Å². The highest BCUT2D eigenvalue weighted by Gasteiger charge is 2.27. The Hall–Kier alpha value is -1.26. The number of hydrogen-bond donors (Lipinski definition) is 1. The van der Waals surface area contributed by atoms with Gasteiger partial charge in [0.1, 0.15) is 0 Å². The molecule has 0 heterocycles. The Morgan fingerprint density at radius 2 is 1.84 bits per heavy atom. The molecule has 0 spiro atoms. The summed E-state index contributed by atoms with van der Waals surface area (Å²) in [6.07, 6.45) is 1.12. The first-order valence-electron chi connectivity index (χ1n) is 5.93. The highest BCUT2D eigenvalue weighted by molar-refractivity contribution is 6.35. The van der Waals surface area contributed by atoms with Crippen molar-refractivity contribution in [1.29, 1.82) is 0 Å². The molecule has 0 saturated heterocycles. The molecule has 4 nitrogen and oxygen atoms in total. The van der Waals surface area contributed by atoms with Crippen molar-refractivity contribution in [3.05, 3.63) is 33.8 Å². The summed E-state index contributed by atoms with van der Waals surface area (Å²) in [5, 5.41) is 3.45. The highest BCUT2D eigenvalue weighted by atomic mass is 35.5. The molecule has 1 aliphatic carbocycles. The van der Waals surface area contributed by atoms with E-state index in [-0.39, 0.29) is 17.5 Å². The van der Waals surface area contributed by atoms with E-state index >= 15 is 0 Å². The zero-order valence-corrected chi connectivity index (χ0v) is 11.8. The van der Waals surface area contributed by atoms with E-state index in [9.17, 15) is 9.59 Å². The van der Waals surface area contributed by atoms with Crippen molar-refractivity contribution >= 4 is 35.1 Å². The lowest BCUT2D eigenvalue weighted by Gasteiger charge is -2.13. The maximum Gasteiger partial charge on any atom is 0.339 e. The molecule has 0 aliphatic heterocycles. The van der Waals surface area contributed by atoms with E-state index in [2.05, 4.69) is 5.32 Å². The molecular formula is C13H13Cl2NO3. The molecule has 1 atom stereocenters. The maximum absolute atomic E-state index is 11.8. The Bertz CT molecular complexity index is 494. The third-order valence-corrected chi connectivity index (χ3v) is 3.11. The molecule has 1 aromatic carbocycles. The molecule has 1 fully saturated rings. The number of amides is 1. The van der Waals surface area contributed by atoms with Crippen LogP contribution < -0.4 is 5.32 Å². The van der Waals surface area contributed by atoms with Gasteiger partial charge >= 0.3 is 5.97 Å². The van der Waals surface area contributed by atoms with E-state index in [1.54, 1.807) is 0 Å². The van der Waals surface area contributed by atoms with Crippen LogP contribution in [-0.4, -0.2) is 24.0 Å². The summed E-state index contributed by atoms with van der Waals surface area (Å²) < 4.78 is 5.07. The van der Waals surface area contributed by atoms with Gasteiger partial charge in [0.2, 0.25) is 0 Å². The lowest BCUT2D eigenvalue weighted by molar-refractivity contribution is -0.129. The number of esters is 1. The van der Waals surface area contributed by atoms with E-state index < -0.39 is 12.1 Å². The first kappa shape index (κ1) is 14.2. The number of benzene rings is 1. The maximum atomic E-state index is 11.8. The first-order chi connectivity index (χ1) is 8.95. The van der Waals surface area contributed by atoms with Crippen LogP contribution in [0.4, 0.5) is 0 Å². The summed E-state index contributed by atoms with van der Waals surface area (Å²) in [6.45, 7) is 1.53. The fourth-order valence-electron chi connectivity index (χ4n) is 1.50. The van der Waals surface area contributed by atoms with E-state index in [1.165, 1.54) is 25.1 Å². The minimum absolute atomic E-state index is 0.226. The fraction of sp³-hybridized carbons (Fsp3) is 0.385. The molecule has 1 N–H and O–H groups in total. The zero-order chi connectivity index (χ0) is 14.0. The van der Waals surface area contributed by atoms with Crippen LogP contribution in [0.15, 0.2) is 18.2 Å². The Balaban J connectivity index is 1.97. The molecule has 1 saturated carbocycles. The van der Waals surface area contributed by atoms with E-state index in [0.717, 1.165) is 12.8 Å². The van der Waals surface area contributed by atoms with Crippen LogP contribution in [0, 0.1) is 0 Å². The number of ether oxygens (including phenoxy) is 1. The normalized spacial score (nSPS) is 15.7. The van der Waals surface area contributed by atoms with Crippen molar-refractivity contribution in [3.8, 4) is 0 Å². The van der Waals surface area contributed by atoms with Crippen molar-refractivity contribution in [3.63, 3.8) is 0 Å². The number of halogens is 2. The Morgan fingerprint density at radius 3 is 2.37 bits per heavy atom. The molecule has 1 amide bonds. The second kappa shape index (κ2) is 5.80. The van der Waals surface area contributed by atoms with Crippen molar-refractivity contribution in [1.82, 2.24) is 5.32 Å². The predicted octanol–water partition coefficient (Wildman–Crippen LogP) is 2.82. The SMILES string of the molecule is C[C@H](OC(=O)c1cc(Cl)cc(Cl)c1)C(=O)NC1CC1.